The summed E-state index contributed by atoms with van der Waals surface area (Å²) in [5.41, 5.74) is 1.39. The summed E-state index contributed by atoms with van der Waals surface area (Å²) in [4.78, 5) is 46.2. The molecule has 146 valence electrons. The largest absolute Gasteiger partial charge is 0.464 e. The second kappa shape index (κ2) is 7.89. The van der Waals surface area contributed by atoms with Crippen LogP contribution in [0, 0.1) is 6.92 Å². The van der Waals surface area contributed by atoms with Crippen molar-refractivity contribution in [2.24, 2.45) is 0 Å². The number of esters is 1. The third-order valence-corrected chi connectivity index (χ3v) is 5.39. The monoisotopic (exact) mass is 400 g/mol. The lowest BCUT2D eigenvalue weighted by molar-refractivity contribution is -0.116. The zero-order chi connectivity index (χ0) is 20.4. The van der Waals surface area contributed by atoms with Gasteiger partial charge in [0.2, 0.25) is 5.91 Å². The number of fused-ring (bicyclic) bond motifs is 1. The number of benzene rings is 1. The number of aryl methyl sites for hydroxylation is 1. The van der Waals surface area contributed by atoms with Crippen LogP contribution in [0.4, 0.5) is 5.13 Å². The molecular formula is C19H20N4O4S. The number of carbonyl (C=O) groups is 2. The number of aromatic nitrogens is 3. The molecule has 2 heterocycles. The van der Waals surface area contributed by atoms with E-state index in [0.717, 1.165) is 4.88 Å². The van der Waals surface area contributed by atoms with Crippen LogP contribution < -0.4 is 10.9 Å². The molecule has 28 heavy (non-hydrogen) atoms. The third-order valence-electron chi connectivity index (χ3n) is 4.12. The molecule has 0 atom stereocenters. The van der Waals surface area contributed by atoms with Gasteiger partial charge in [0.1, 0.15) is 12.2 Å². The van der Waals surface area contributed by atoms with E-state index >= 15 is 0 Å². The number of thiazole rings is 1. The van der Waals surface area contributed by atoms with E-state index in [0.29, 0.717) is 16.7 Å². The maximum Gasteiger partial charge on any atom is 0.357 e. The fourth-order valence-electron chi connectivity index (χ4n) is 2.80. The van der Waals surface area contributed by atoms with Crippen molar-refractivity contribution in [2.75, 3.05) is 12.4 Å². The number of anilines is 1. The number of carbonyl (C=O) groups excluding carboxylic acids is 2. The van der Waals surface area contributed by atoms with Crippen LogP contribution >= 0.6 is 11.3 Å². The lowest BCUT2D eigenvalue weighted by Crippen LogP contribution is -2.30. The van der Waals surface area contributed by atoms with Crippen molar-refractivity contribution < 1.29 is 14.3 Å². The van der Waals surface area contributed by atoms with Crippen LogP contribution in [0.1, 0.15) is 40.8 Å². The molecule has 0 unspecified atom stereocenters. The van der Waals surface area contributed by atoms with E-state index in [1.165, 1.54) is 23.0 Å². The molecular weight excluding hydrogens is 380 g/mol. The van der Waals surface area contributed by atoms with Crippen molar-refractivity contribution >= 4 is 39.4 Å². The molecule has 0 spiro atoms. The maximum atomic E-state index is 12.6. The zero-order valence-electron chi connectivity index (χ0n) is 16.0. The number of para-hydroxylation sites is 2. The summed E-state index contributed by atoms with van der Waals surface area (Å²) in [5, 5.41) is 2.97. The molecule has 0 aliphatic carbocycles. The van der Waals surface area contributed by atoms with Gasteiger partial charge in [-0.3, -0.25) is 14.2 Å². The number of nitrogens with zero attached hydrogens (tertiary/aromatic N) is 3. The highest BCUT2D eigenvalue weighted by atomic mass is 32.1. The first-order valence-electron chi connectivity index (χ1n) is 8.67. The summed E-state index contributed by atoms with van der Waals surface area (Å²) >= 11 is 1.22. The quantitative estimate of drug-likeness (QED) is 0.661. The first kappa shape index (κ1) is 19.7. The molecule has 9 heteroatoms. The molecule has 0 saturated carbocycles. The molecule has 0 saturated heterocycles. The van der Waals surface area contributed by atoms with Gasteiger partial charge in [0.15, 0.2) is 10.8 Å². The van der Waals surface area contributed by atoms with Gasteiger partial charge in [-0.05, 0) is 25.0 Å². The van der Waals surface area contributed by atoms with Crippen LogP contribution in [0.3, 0.4) is 0 Å². The molecule has 3 rings (SSSR count). The number of nitrogens with one attached hydrogen (secondary N) is 1. The average molecular weight is 400 g/mol. The van der Waals surface area contributed by atoms with Crippen LogP contribution in [0.15, 0.2) is 29.1 Å². The molecule has 1 aromatic carbocycles. The van der Waals surface area contributed by atoms with Gasteiger partial charge in [-0.1, -0.05) is 26.0 Å². The summed E-state index contributed by atoms with van der Waals surface area (Å²) in [7, 11) is 1.29. The lowest BCUT2D eigenvalue weighted by Gasteiger charge is -2.10. The summed E-state index contributed by atoms with van der Waals surface area (Å²) in [6, 6.07) is 7.13. The Hall–Kier alpha value is -3.07. The highest BCUT2D eigenvalue weighted by Gasteiger charge is 2.22. The molecule has 0 aliphatic heterocycles. The molecule has 1 amide bonds. The number of ether oxygens (including phenoxy) is 1. The smallest absolute Gasteiger partial charge is 0.357 e. The molecule has 2 aromatic heterocycles. The summed E-state index contributed by atoms with van der Waals surface area (Å²) in [6.45, 7) is 5.28. The Bertz CT molecular complexity index is 1120. The number of hydrogen-bond donors (Lipinski definition) is 1. The average Bonchev–Trinajstić information content (AvgIpc) is 3.08. The Morgan fingerprint density at radius 3 is 2.64 bits per heavy atom. The second-order valence-electron chi connectivity index (χ2n) is 6.50. The third kappa shape index (κ3) is 3.79. The van der Waals surface area contributed by atoms with Crippen molar-refractivity contribution in [3.63, 3.8) is 0 Å². The number of hydrogen-bond acceptors (Lipinski definition) is 7. The Morgan fingerprint density at radius 1 is 1.25 bits per heavy atom. The Balaban J connectivity index is 1.90. The molecule has 0 radical (unpaired) electrons. The minimum absolute atomic E-state index is 0.0478. The summed E-state index contributed by atoms with van der Waals surface area (Å²) in [6.07, 6.45) is 0. The minimum Gasteiger partial charge on any atom is -0.464 e. The van der Waals surface area contributed by atoms with Gasteiger partial charge in [-0.25, -0.2) is 14.8 Å². The van der Waals surface area contributed by atoms with E-state index in [9.17, 15) is 14.4 Å². The van der Waals surface area contributed by atoms with E-state index in [-0.39, 0.29) is 28.8 Å². The Morgan fingerprint density at radius 2 is 1.96 bits per heavy atom. The van der Waals surface area contributed by atoms with Crippen LogP contribution in [0.25, 0.3) is 11.0 Å². The summed E-state index contributed by atoms with van der Waals surface area (Å²) < 4.78 is 6.14. The van der Waals surface area contributed by atoms with Crippen LogP contribution in [-0.4, -0.2) is 33.5 Å². The van der Waals surface area contributed by atoms with Gasteiger partial charge >= 0.3 is 5.97 Å². The highest BCUT2D eigenvalue weighted by Crippen LogP contribution is 2.30. The van der Waals surface area contributed by atoms with Crippen LogP contribution in [0.2, 0.25) is 0 Å². The maximum absolute atomic E-state index is 12.6. The van der Waals surface area contributed by atoms with Gasteiger partial charge in [0.05, 0.1) is 18.1 Å². The zero-order valence-corrected chi connectivity index (χ0v) is 16.8. The van der Waals surface area contributed by atoms with E-state index in [1.54, 1.807) is 25.1 Å². The van der Waals surface area contributed by atoms with Crippen molar-refractivity contribution in [2.45, 2.75) is 33.2 Å². The molecule has 0 bridgehead atoms. The van der Waals surface area contributed by atoms with Crippen molar-refractivity contribution in [1.29, 1.82) is 0 Å². The molecule has 0 aliphatic rings. The van der Waals surface area contributed by atoms with Gasteiger partial charge in [0, 0.05) is 4.88 Å². The van der Waals surface area contributed by atoms with Crippen molar-refractivity contribution in [3.05, 3.63) is 50.9 Å². The number of rotatable bonds is 5. The van der Waals surface area contributed by atoms with E-state index in [4.69, 9.17) is 4.74 Å². The predicted molar refractivity (Wildman–Crippen MR) is 107 cm³/mol. The van der Waals surface area contributed by atoms with E-state index in [2.05, 4.69) is 15.3 Å². The fraction of sp³-hybridized carbons (Fsp3) is 0.316. The SMILES string of the molecule is COC(=O)c1nc(NC(=O)Cn2c(=O)c(C)nc3ccccc32)sc1C(C)C. The predicted octanol–water partition coefficient (Wildman–Crippen LogP) is 2.71. The summed E-state index contributed by atoms with van der Waals surface area (Å²) in [5.74, 6) is -0.919. The molecule has 8 nitrogen and oxygen atoms in total. The van der Waals surface area contributed by atoms with Crippen molar-refractivity contribution in [3.8, 4) is 0 Å². The topological polar surface area (TPSA) is 103 Å². The van der Waals surface area contributed by atoms with Crippen LogP contribution in [0.5, 0.6) is 0 Å². The van der Waals surface area contributed by atoms with E-state index < -0.39 is 11.9 Å². The van der Waals surface area contributed by atoms with Gasteiger partial charge in [-0.15, -0.1) is 11.3 Å². The first-order chi connectivity index (χ1) is 13.3. The number of amides is 1. The van der Waals surface area contributed by atoms with Gasteiger partial charge < -0.3 is 10.1 Å². The molecule has 0 fully saturated rings. The molecule has 3 aromatic rings. The minimum atomic E-state index is -0.549. The van der Waals surface area contributed by atoms with Gasteiger partial charge in [0.25, 0.3) is 5.56 Å². The standard InChI is InChI=1S/C19H20N4O4S/c1-10(2)16-15(18(26)27-4)22-19(28-16)21-14(24)9-23-13-8-6-5-7-12(13)20-11(3)17(23)25/h5-8,10H,9H2,1-4H3,(H,21,22,24). The van der Waals surface area contributed by atoms with Gasteiger partial charge in [-0.2, -0.15) is 0 Å². The molecule has 1 N–H and O–H groups in total. The van der Waals surface area contributed by atoms with Crippen LogP contribution in [-0.2, 0) is 16.1 Å². The lowest BCUT2D eigenvalue weighted by atomic mass is 10.1. The van der Waals surface area contributed by atoms with Crippen molar-refractivity contribution in [1.82, 2.24) is 14.5 Å². The first-order valence-corrected chi connectivity index (χ1v) is 9.48. The number of methoxy groups -OCH3 is 1. The highest BCUT2D eigenvalue weighted by molar-refractivity contribution is 7.16. The Labute approximate surface area is 165 Å². The normalized spacial score (nSPS) is 11.0. The Kier molecular flexibility index (Phi) is 5.55. The fourth-order valence-corrected chi connectivity index (χ4v) is 3.77. The van der Waals surface area contributed by atoms with E-state index in [1.807, 2.05) is 19.9 Å². The second-order valence-corrected chi connectivity index (χ2v) is 7.53.